The minimum atomic E-state index is -0.361. The summed E-state index contributed by atoms with van der Waals surface area (Å²) < 4.78 is 3.87. The number of rotatable bonds is 3. The van der Waals surface area contributed by atoms with Gasteiger partial charge < -0.3 is 15.1 Å². The van der Waals surface area contributed by atoms with Gasteiger partial charge in [0.15, 0.2) is 0 Å². The van der Waals surface area contributed by atoms with Crippen LogP contribution in [0.4, 0.5) is 22.7 Å². The van der Waals surface area contributed by atoms with Crippen LogP contribution in [0.25, 0.3) is 0 Å². The second kappa shape index (κ2) is 7.86. The molecule has 1 fully saturated rings. The van der Waals surface area contributed by atoms with Gasteiger partial charge in [-0.3, -0.25) is 14.9 Å². The molecule has 2 aliphatic rings. The first-order valence-corrected chi connectivity index (χ1v) is 11.2. The third-order valence-electron chi connectivity index (χ3n) is 6.29. The molecule has 0 saturated carbocycles. The van der Waals surface area contributed by atoms with Gasteiger partial charge in [0.1, 0.15) is 4.88 Å². The van der Waals surface area contributed by atoms with E-state index in [-0.39, 0.29) is 28.6 Å². The van der Waals surface area contributed by atoms with Crippen LogP contribution in [-0.2, 0) is 0 Å². The first-order chi connectivity index (χ1) is 15.4. The third-order valence-corrected chi connectivity index (χ3v) is 7.12. The summed E-state index contributed by atoms with van der Waals surface area (Å²) in [6.45, 7) is 2.51. The Labute approximate surface area is 189 Å². The highest BCUT2D eigenvalue weighted by atomic mass is 32.1. The first-order valence-electron chi connectivity index (χ1n) is 10.4. The van der Waals surface area contributed by atoms with Crippen LogP contribution in [-0.4, -0.2) is 40.1 Å². The number of hydrogen-bond donors (Lipinski definition) is 1. The molecule has 0 bridgehead atoms. The van der Waals surface area contributed by atoms with Gasteiger partial charge >= 0.3 is 0 Å². The number of amides is 1. The lowest BCUT2D eigenvalue weighted by atomic mass is 9.90. The van der Waals surface area contributed by atoms with Crippen molar-refractivity contribution in [3.63, 3.8) is 0 Å². The molecular formula is C22H22N6O3S. The predicted molar refractivity (Wildman–Crippen MR) is 123 cm³/mol. The van der Waals surface area contributed by atoms with Crippen molar-refractivity contribution in [2.24, 2.45) is 0 Å². The molecule has 3 heterocycles. The van der Waals surface area contributed by atoms with E-state index in [1.54, 1.807) is 19.1 Å². The van der Waals surface area contributed by atoms with Crippen LogP contribution < -0.4 is 15.1 Å². The number of benzene rings is 2. The van der Waals surface area contributed by atoms with Gasteiger partial charge in [0, 0.05) is 37.5 Å². The molecular weight excluding hydrogens is 428 g/mol. The monoisotopic (exact) mass is 450 g/mol. The smallest absolute Gasteiger partial charge is 0.271 e. The average Bonchev–Trinajstić information content (AvgIpc) is 3.20. The number of nitro benzene ring substituents is 1. The maximum absolute atomic E-state index is 12.8. The summed E-state index contributed by atoms with van der Waals surface area (Å²) in [5, 5.41) is 18.5. The molecule has 2 aromatic carbocycles. The van der Waals surface area contributed by atoms with E-state index in [4.69, 9.17) is 0 Å². The van der Waals surface area contributed by atoms with Crippen molar-refractivity contribution in [3.8, 4) is 0 Å². The van der Waals surface area contributed by atoms with Crippen molar-refractivity contribution in [2.75, 3.05) is 23.4 Å². The van der Waals surface area contributed by atoms with Gasteiger partial charge in [-0.05, 0) is 49.0 Å². The number of aryl methyl sites for hydroxylation is 1. The van der Waals surface area contributed by atoms with E-state index < -0.39 is 0 Å². The van der Waals surface area contributed by atoms with Gasteiger partial charge in [0.25, 0.3) is 11.6 Å². The number of aromatic nitrogens is 2. The standard InChI is InChI=1S/C22H22N6O3S/c1-13-21(32-25-24-13)22(29)23-14-9-10-27-18-8-7-15(28(30)31)12-20(18)26(2)17-6-4-3-5-16(17)19(27)11-14/h3-8,12,14,19H,9-11H2,1-2H3,(H,23,29). The Morgan fingerprint density at radius 2 is 2.03 bits per heavy atom. The Morgan fingerprint density at radius 3 is 2.78 bits per heavy atom. The molecule has 9 nitrogen and oxygen atoms in total. The molecule has 2 unspecified atom stereocenters. The number of piperidine rings is 1. The number of nitrogens with one attached hydrogen (secondary N) is 1. The molecule has 1 amide bonds. The van der Waals surface area contributed by atoms with E-state index in [9.17, 15) is 14.9 Å². The van der Waals surface area contributed by atoms with Crippen molar-refractivity contribution >= 4 is 40.2 Å². The van der Waals surface area contributed by atoms with Gasteiger partial charge in [-0.25, -0.2) is 0 Å². The fraction of sp³-hybridized carbons (Fsp3) is 0.318. The first kappa shape index (κ1) is 20.4. The van der Waals surface area contributed by atoms with E-state index in [1.807, 2.05) is 36.2 Å². The van der Waals surface area contributed by atoms with E-state index in [0.29, 0.717) is 10.6 Å². The molecule has 1 N–H and O–H groups in total. The summed E-state index contributed by atoms with van der Waals surface area (Å²) in [6.07, 6.45) is 1.51. The molecule has 10 heteroatoms. The van der Waals surface area contributed by atoms with Crippen molar-refractivity contribution in [1.29, 1.82) is 0 Å². The van der Waals surface area contributed by atoms with Crippen LogP contribution in [0, 0.1) is 17.0 Å². The summed E-state index contributed by atoms with van der Waals surface area (Å²) in [4.78, 5) is 28.7. The quantitative estimate of drug-likeness (QED) is 0.475. The Balaban J connectivity index is 1.51. The zero-order valence-corrected chi connectivity index (χ0v) is 18.5. The molecule has 164 valence electrons. The van der Waals surface area contributed by atoms with Crippen molar-refractivity contribution < 1.29 is 9.72 Å². The van der Waals surface area contributed by atoms with Crippen molar-refractivity contribution in [1.82, 2.24) is 14.9 Å². The summed E-state index contributed by atoms with van der Waals surface area (Å²) in [5.41, 5.74) is 4.64. The second-order valence-corrected chi connectivity index (χ2v) is 8.89. The molecule has 1 saturated heterocycles. The largest absolute Gasteiger partial charge is 0.363 e. The van der Waals surface area contributed by atoms with Crippen LogP contribution in [0.2, 0.25) is 0 Å². The Kier molecular flexibility index (Phi) is 5.01. The molecule has 2 atom stereocenters. The van der Waals surface area contributed by atoms with E-state index in [1.165, 1.54) is 0 Å². The number of non-ortho nitro benzene ring substituents is 1. The van der Waals surface area contributed by atoms with Gasteiger partial charge in [0.2, 0.25) is 0 Å². The normalized spacial score (nSPS) is 19.4. The summed E-state index contributed by atoms with van der Waals surface area (Å²) in [5.74, 6) is -0.133. The van der Waals surface area contributed by atoms with Crippen LogP contribution in [0.3, 0.4) is 0 Å². The van der Waals surface area contributed by atoms with E-state index in [2.05, 4.69) is 25.9 Å². The molecule has 0 radical (unpaired) electrons. The fourth-order valence-corrected chi connectivity index (χ4v) is 5.27. The van der Waals surface area contributed by atoms with E-state index in [0.717, 1.165) is 53.5 Å². The highest BCUT2D eigenvalue weighted by molar-refractivity contribution is 7.08. The number of hydrogen-bond acceptors (Lipinski definition) is 8. The topological polar surface area (TPSA) is 104 Å². The minimum absolute atomic E-state index is 0.00297. The number of nitrogens with zero attached hydrogens (tertiary/aromatic N) is 5. The zero-order chi connectivity index (χ0) is 22.4. The summed E-state index contributed by atoms with van der Waals surface area (Å²) >= 11 is 1.11. The lowest BCUT2D eigenvalue weighted by Crippen LogP contribution is -2.46. The molecule has 0 spiro atoms. The fourth-order valence-electron chi connectivity index (χ4n) is 4.71. The predicted octanol–water partition coefficient (Wildman–Crippen LogP) is 3.98. The Morgan fingerprint density at radius 1 is 1.22 bits per heavy atom. The van der Waals surface area contributed by atoms with Gasteiger partial charge in [0.05, 0.1) is 28.0 Å². The highest BCUT2D eigenvalue weighted by Gasteiger charge is 2.37. The molecule has 2 aliphatic heterocycles. The number of anilines is 3. The number of fused-ring (bicyclic) bond motifs is 5. The van der Waals surface area contributed by atoms with Crippen LogP contribution >= 0.6 is 11.5 Å². The number of carbonyl (C=O) groups is 1. The molecule has 5 rings (SSSR count). The third kappa shape index (κ3) is 3.36. The lowest BCUT2D eigenvalue weighted by Gasteiger charge is -2.41. The minimum Gasteiger partial charge on any atom is -0.363 e. The van der Waals surface area contributed by atoms with Crippen LogP contribution in [0.5, 0.6) is 0 Å². The zero-order valence-electron chi connectivity index (χ0n) is 17.7. The summed E-state index contributed by atoms with van der Waals surface area (Å²) in [6, 6.07) is 13.2. The number of carbonyl (C=O) groups excluding carboxylic acids is 1. The van der Waals surface area contributed by atoms with Crippen molar-refractivity contribution in [3.05, 3.63) is 68.7 Å². The molecule has 1 aromatic heterocycles. The van der Waals surface area contributed by atoms with Crippen molar-refractivity contribution in [2.45, 2.75) is 31.8 Å². The lowest BCUT2D eigenvalue weighted by molar-refractivity contribution is -0.384. The maximum atomic E-state index is 12.8. The Bertz CT molecular complexity index is 1210. The highest BCUT2D eigenvalue weighted by Crippen LogP contribution is 2.48. The van der Waals surface area contributed by atoms with Gasteiger partial charge in [-0.1, -0.05) is 22.7 Å². The maximum Gasteiger partial charge on any atom is 0.271 e. The summed E-state index contributed by atoms with van der Waals surface area (Å²) in [7, 11) is 1.94. The van der Waals surface area contributed by atoms with E-state index >= 15 is 0 Å². The Hall–Kier alpha value is -3.53. The molecule has 0 aliphatic carbocycles. The second-order valence-electron chi connectivity index (χ2n) is 8.14. The van der Waals surface area contributed by atoms with Crippen LogP contribution in [0.1, 0.15) is 39.8 Å². The molecule has 3 aromatic rings. The average molecular weight is 451 g/mol. The van der Waals surface area contributed by atoms with Crippen LogP contribution in [0.15, 0.2) is 42.5 Å². The molecule has 32 heavy (non-hydrogen) atoms. The van der Waals surface area contributed by atoms with Gasteiger partial charge in [-0.15, -0.1) is 5.10 Å². The number of para-hydroxylation sites is 1. The number of nitro groups is 1. The SMILES string of the molecule is Cc1nnsc1C(=O)NC1CCN2c3ccc([N+](=O)[O-])cc3N(C)c3ccccc3C2C1. The van der Waals surface area contributed by atoms with Gasteiger partial charge in [-0.2, -0.15) is 0 Å².